The fourth-order valence-corrected chi connectivity index (χ4v) is 4.15. The van der Waals surface area contributed by atoms with Crippen LogP contribution in [0.5, 0.6) is 0 Å². The molecule has 0 atom stereocenters. The van der Waals surface area contributed by atoms with Gasteiger partial charge in [0.1, 0.15) is 11.6 Å². The molecule has 0 radical (unpaired) electrons. The number of carbonyl (C=O) groups is 1. The van der Waals surface area contributed by atoms with Crippen LogP contribution in [-0.4, -0.2) is 47.9 Å². The third-order valence-corrected chi connectivity index (χ3v) is 6.18. The SMILES string of the molecule is CCl.Cn1c(=O)c(C#N)c(N2CCN(C(=O)c3ccc(Cl)c(Cl)c3)CC2)c2ccccc21.N. The number of carbonyl (C=O) groups excluding carboxylic acids is 1. The van der Waals surface area contributed by atoms with Crippen LogP contribution in [-0.2, 0) is 7.05 Å². The van der Waals surface area contributed by atoms with Gasteiger partial charge in [-0.1, -0.05) is 41.4 Å². The highest BCUT2D eigenvalue weighted by Gasteiger charge is 2.26. The van der Waals surface area contributed by atoms with E-state index >= 15 is 0 Å². The molecule has 2 aromatic carbocycles. The molecule has 1 aliphatic heterocycles. The van der Waals surface area contributed by atoms with Crippen molar-refractivity contribution in [2.45, 2.75) is 0 Å². The Morgan fingerprint density at radius 3 is 2.24 bits per heavy atom. The Hall–Kier alpha value is -2.76. The van der Waals surface area contributed by atoms with Crippen molar-refractivity contribution in [1.82, 2.24) is 15.6 Å². The van der Waals surface area contributed by atoms with Crippen LogP contribution in [0.4, 0.5) is 5.69 Å². The van der Waals surface area contributed by atoms with E-state index in [4.69, 9.17) is 23.2 Å². The first-order valence-electron chi connectivity index (χ1n) is 9.81. The summed E-state index contributed by atoms with van der Waals surface area (Å²) in [7, 11) is 1.67. The fraction of sp³-hybridized carbons (Fsp3) is 0.261. The van der Waals surface area contributed by atoms with Gasteiger partial charge in [-0.25, -0.2) is 0 Å². The predicted molar refractivity (Wildman–Crippen MR) is 135 cm³/mol. The van der Waals surface area contributed by atoms with Gasteiger partial charge in [0.25, 0.3) is 11.5 Å². The van der Waals surface area contributed by atoms with Crippen LogP contribution in [0.3, 0.4) is 0 Å². The van der Waals surface area contributed by atoms with E-state index in [1.807, 2.05) is 29.2 Å². The zero-order chi connectivity index (χ0) is 23.4. The van der Waals surface area contributed by atoms with Crippen molar-refractivity contribution in [2.24, 2.45) is 7.05 Å². The second-order valence-corrected chi connectivity index (χ2v) is 7.94. The van der Waals surface area contributed by atoms with E-state index in [2.05, 4.69) is 17.7 Å². The normalized spacial score (nSPS) is 13.0. The zero-order valence-electron chi connectivity index (χ0n) is 18.3. The van der Waals surface area contributed by atoms with E-state index in [9.17, 15) is 14.9 Å². The van der Waals surface area contributed by atoms with E-state index in [-0.39, 0.29) is 23.2 Å². The van der Waals surface area contributed by atoms with Crippen molar-refractivity contribution in [3.05, 3.63) is 74.0 Å². The van der Waals surface area contributed by atoms with Crippen LogP contribution in [0.25, 0.3) is 10.9 Å². The summed E-state index contributed by atoms with van der Waals surface area (Å²) < 4.78 is 1.50. The number of amides is 1. The Labute approximate surface area is 207 Å². The Morgan fingerprint density at radius 2 is 1.64 bits per heavy atom. The first-order valence-corrected chi connectivity index (χ1v) is 11.3. The number of hydrogen-bond donors (Lipinski definition) is 1. The number of hydrogen-bond acceptors (Lipinski definition) is 5. The summed E-state index contributed by atoms with van der Waals surface area (Å²) in [5.74, 6) is -0.123. The van der Waals surface area contributed by atoms with E-state index < -0.39 is 0 Å². The molecule has 0 bridgehead atoms. The highest BCUT2D eigenvalue weighted by molar-refractivity contribution is 6.42. The number of benzene rings is 2. The van der Waals surface area contributed by atoms with Gasteiger partial charge in [-0.3, -0.25) is 9.59 Å². The van der Waals surface area contributed by atoms with Crippen LogP contribution >= 0.6 is 34.8 Å². The maximum atomic E-state index is 12.8. The molecule has 0 unspecified atom stereocenters. The molecule has 7 nitrogen and oxygen atoms in total. The smallest absolute Gasteiger partial charge is 0.270 e. The van der Waals surface area contributed by atoms with Crippen molar-refractivity contribution in [1.29, 1.82) is 5.26 Å². The van der Waals surface area contributed by atoms with Gasteiger partial charge >= 0.3 is 0 Å². The zero-order valence-corrected chi connectivity index (χ0v) is 20.6. The largest absolute Gasteiger partial charge is 0.366 e. The molecule has 1 amide bonds. The topological polar surface area (TPSA) is 104 Å². The predicted octanol–water partition coefficient (Wildman–Crippen LogP) is 4.70. The maximum absolute atomic E-state index is 12.8. The molecular weight excluding hydrogens is 485 g/mol. The van der Waals surface area contributed by atoms with Gasteiger partial charge in [0.2, 0.25) is 0 Å². The van der Waals surface area contributed by atoms with Gasteiger partial charge in [-0.05, 0) is 24.3 Å². The second-order valence-electron chi connectivity index (χ2n) is 7.12. The molecule has 1 aliphatic rings. The summed E-state index contributed by atoms with van der Waals surface area (Å²) in [4.78, 5) is 29.3. The van der Waals surface area contributed by atoms with Gasteiger partial charge in [0.15, 0.2) is 0 Å². The van der Waals surface area contributed by atoms with Crippen molar-refractivity contribution < 1.29 is 4.79 Å². The molecule has 2 heterocycles. The molecule has 3 N–H and O–H groups in total. The van der Waals surface area contributed by atoms with Crippen LogP contribution in [0, 0.1) is 11.3 Å². The summed E-state index contributed by atoms with van der Waals surface area (Å²) >= 11 is 16.6. The van der Waals surface area contributed by atoms with Gasteiger partial charge in [0, 0.05) is 50.6 Å². The first-order chi connectivity index (χ1) is 15.4. The highest BCUT2D eigenvalue weighted by Crippen LogP contribution is 2.29. The Morgan fingerprint density at radius 1 is 1.00 bits per heavy atom. The van der Waals surface area contributed by atoms with Crippen LogP contribution in [0.2, 0.25) is 10.0 Å². The lowest BCUT2D eigenvalue weighted by Crippen LogP contribution is -2.49. The number of para-hydroxylation sites is 1. The molecule has 174 valence electrons. The third-order valence-electron chi connectivity index (χ3n) is 5.44. The van der Waals surface area contributed by atoms with Crippen molar-refractivity contribution in [3.63, 3.8) is 0 Å². The Kier molecular flexibility index (Phi) is 9.15. The average Bonchev–Trinajstić information content (AvgIpc) is 2.84. The minimum atomic E-state index is -0.319. The number of aromatic nitrogens is 1. The molecule has 10 heteroatoms. The second kappa shape index (κ2) is 11.4. The molecule has 0 saturated carbocycles. The lowest BCUT2D eigenvalue weighted by Gasteiger charge is -2.37. The number of nitriles is 1. The number of anilines is 1. The minimum Gasteiger partial charge on any atom is -0.366 e. The van der Waals surface area contributed by atoms with Crippen molar-refractivity contribution >= 4 is 57.3 Å². The minimum absolute atomic E-state index is 0. The lowest BCUT2D eigenvalue weighted by atomic mass is 10.1. The number of aryl methyl sites for hydroxylation is 1. The molecule has 0 aliphatic carbocycles. The van der Waals surface area contributed by atoms with E-state index in [0.29, 0.717) is 47.5 Å². The Balaban J connectivity index is 0.00000125. The molecule has 33 heavy (non-hydrogen) atoms. The van der Waals surface area contributed by atoms with Crippen molar-refractivity contribution in [2.75, 3.05) is 37.5 Å². The van der Waals surface area contributed by atoms with Crippen molar-refractivity contribution in [3.8, 4) is 6.07 Å². The summed E-state index contributed by atoms with van der Waals surface area (Å²) in [6.07, 6.45) is 1.47. The average molecular weight is 509 g/mol. The van der Waals surface area contributed by atoms with Gasteiger partial charge in [-0.2, -0.15) is 5.26 Å². The molecule has 1 fully saturated rings. The monoisotopic (exact) mass is 507 g/mol. The van der Waals surface area contributed by atoms with Gasteiger partial charge in [0.05, 0.1) is 21.2 Å². The molecule has 1 aromatic heterocycles. The third kappa shape index (κ3) is 5.10. The fourth-order valence-electron chi connectivity index (χ4n) is 3.85. The molecule has 4 rings (SSSR count). The summed E-state index contributed by atoms with van der Waals surface area (Å²) in [6, 6.07) is 14.5. The number of halogens is 3. The summed E-state index contributed by atoms with van der Waals surface area (Å²) in [5, 5.41) is 11.3. The number of fused-ring (bicyclic) bond motifs is 1. The van der Waals surface area contributed by atoms with Crippen LogP contribution in [0.1, 0.15) is 15.9 Å². The lowest BCUT2D eigenvalue weighted by molar-refractivity contribution is 0.0747. The first kappa shape index (κ1) is 26.5. The van der Waals surface area contributed by atoms with E-state index in [1.54, 1.807) is 30.1 Å². The quantitative estimate of drug-likeness (QED) is 0.505. The molecule has 3 aromatic rings. The maximum Gasteiger partial charge on any atom is 0.270 e. The molecular formula is C23H24Cl3N5O2. The highest BCUT2D eigenvalue weighted by atomic mass is 35.5. The van der Waals surface area contributed by atoms with Gasteiger partial charge in [-0.15, -0.1) is 11.6 Å². The standard InChI is InChI=1S/C22H18Cl2N4O2.CH3Cl.H3N/c1-26-19-5-3-2-4-15(19)20(16(13-25)22(26)30)27-8-10-28(11-9-27)21(29)14-6-7-17(23)18(24)12-14;1-2;/h2-7,12H,8-11H2,1H3;1H3;1H3. The number of alkyl halides is 1. The molecule has 0 spiro atoms. The summed E-state index contributed by atoms with van der Waals surface area (Å²) in [5.41, 5.74) is 1.69. The molecule has 1 saturated heterocycles. The van der Waals surface area contributed by atoms with Gasteiger partial charge < -0.3 is 20.5 Å². The Bertz CT molecular complexity index is 1260. The number of rotatable bonds is 2. The summed E-state index contributed by atoms with van der Waals surface area (Å²) in [6.45, 7) is 1.96. The van der Waals surface area contributed by atoms with E-state index in [1.165, 1.54) is 11.0 Å². The van der Waals surface area contributed by atoms with E-state index in [0.717, 1.165) is 10.9 Å². The number of nitrogens with zero attached hydrogens (tertiary/aromatic N) is 4. The number of piperazine rings is 1. The number of pyridine rings is 1. The van der Waals surface area contributed by atoms with Crippen LogP contribution < -0.4 is 16.6 Å². The van der Waals surface area contributed by atoms with Crippen LogP contribution in [0.15, 0.2) is 47.3 Å².